The van der Waals surface area contributed by atoms with E-state index in [9.17, 15) is 0 Å². The van der Waals surface area contributed by atoms with Crippen LogP contribution in [0.3, 0.4) is 0 Å². The van der Waals surface area contributed by atoms with E-state index in [2.05, 4.69) is 252 Å². The number of fused-ring (bicyclic) bond motifs is 6. The summed E-state index contributed by atoms with van der Waals surface area (Å²) in [6.07, 6.45) is 0. The molecular formula is C60H40N2. The van der Waals surface area contributed by atoms with Crippen molar-refractivity contribution in [3.63, 3.8) is 0 Å². The molecule has 0 aliphatic heterocycles. The molecule has 0 fully saturated rings. The van der Waals surface area contributed by atoms with Crippen molar-refractivity contribution >= 4 is 43.6 Å². The van der Waals surface area contributed by atoms with Crippen LogP contribution in [0.2, 0.25) is 0 Å². The van der Waals surface area contributed by atoms with E-state index in [4.69, 9.17) is 0 Å². The minimum absolute atomic E-state index is 1.14. The monoisotopic (exact) mass is 788 g/mol. The van der Waals surface area contributed by atoms with Gasteiger partial charge in [-0.2, -0.15) is 0 Å². The Hall–Kier alpha value is -8.20. The van der Waals surface area contributed by atoms with Gasteiger partial charge in [0.1, 0.15) is 0 Å². The Morgan fingerprint density at radius 2 is 0.565 bits per heavy atom. The van der Waals surface area contributed by atoms with Crippen LogP contribution in [-0.2, 0) is 0 Å². The maximum atomic E-state index is 2.45. The number of rotatable bonds is 7. The van der Waals surface area contributed by atoms with E-state index in [-0.39, 0.29) is 0 Å². The van der Waals surface area contributed by atoms with Crippen LogP contribution >= 0.6 is 0 Å². The molecule has 0 bridgehead atoms. The van der Waals surface area contributed by atoms with Gasteiger partial charge in [0.2, 0.25) is 0 Å². The zero-order valence-corrected chi connectivity index (χ0v) is 34.0. The average Bonchev–Trinajstić information content (AvgIpc) is 3.86. The van der Waals surface area contributed by atoms with Crippen LogP contribution in [-0.4, -0.2) is 9.13 Å². The van der Waals surface area contributed by atoms with Crippen LogP contribution in [0.15, 0.2) is 243 Å². The lowest BCUT2D eigenvalue weighted by molar-refractivity contribution is 1.18. The summed E-state index contributed by atoms with van der Waals surface area (Å²) in [5.41, 5.74) is 19.1. The minimum atomic E-state index is 1.14. The lowest BCUT2D eigenvalue weighted by Crippen LogP contribution is -1.98. The molecule has 290 valence electrons. The molecule has 0 N–H and O–H groups in total. The van der Waals surface area contributed by atoms with Crippen molar-refractivity contribution in [3.8, 4) is 67.0 Å². The number of benzene rings is 10. The normalized spacial score (nSPS) is 11.5. The number of aromatic nitrogens is 2. The number of hydrogen-bond acceptors (Lipinski definition) is 0. The first-order chi connectivity index (χ1) is 30.7. The van der Waals surface area contributed by atoms with Crippen LogP contribution in [0.1, 0.15) is 0 Å². The van der Waals surface area contributed by atoms with Gasteiger partial charge in [0, 0.05) is 32.8 Å². The Kier molecular flexibility index (Phi) is 8.53. The van der Waals surface area contributed by atoms with Crippen LogP contribution in [0.4, 0.5) is 0 Å². The third-order valence-electron chi connectivity index (χ3n) is 12.5. The van der Waals surface area contributed by atoms with Gasteiger partial charge in [-0.1, -0.05) is 176 Å². The van der Waals surface area contributed by atoms with E-state index < -0.39 is 0 Å². The number of nitrogens with zero attached hydrogens (tertiary/aromatic N) is 2. The fourth-order valence-electron chi connectivity index (χ4n) is 9.53. The van der Waals surface area contributed by atoms with E-state index in [1.54, 1.807) is 0 Å². The van der Waals surface area contributed by atoms with Crippen molar-refractivity contribution in [2.75, 3.05) is 0 Å². The second-order valence-corrected chi connectivity index (χ2v) is 16.1. The van der Waals surface area contributed by atoms with Crippen LogP contribution in [0.5, 0.6) is 0 Å². The van der Waals surface area contributed by atoms with Gasteiger partial charge in [-0.25, -0.2) is 0 Å². The Morgan fingerprint density at radius 3 is 1.11 bits per heavy atom. The molecule has 2 heterocycles. The molecular weight excluding hydrogens is 749 g/mol. The second-order valence-electron chi connectivity index (χ2n) is 16.1. The summed E-state index contributed by atoms with van der Waals surface area (Å²) < 4.78 is 4.87. The molecule has 12 rings (SSSR count). The molecule has 0 aliphatic carbocycles. The predicted octanol–water partition coefficient (Wildman–Crippen LogP) is 16.2. The Bertz CT molecular complexity index is 3580. The molecule has 0 unspecified atom stereocenters. The third-order valence-corrected chi connectivity index (χ3v) is 12.5. The minimum Gasteiger partial charge on any atom is -0.309 e. The fraction of sp³-hybridized carbons (Fsp3) is 0. The highest BCUT2D eigenvalue weighted by Gasteiger charge is 2.19. The summed E-state index contributed by atoms with van der Waals surface area (Å²) in [6.45, 7) is 0. The molecule has 62 heavy (non-hydrogen) atoms. The smallest absolute Gasteiger partial charge is 0.0541 e. The van der Waals surface area contributed by atoms with E-state index in [1.807, 2.05) is 0 Å². The van der Waals surface area contributed by atoms with Crippen LogP contribution in [0, 0.1) is 0 Å². The maximum absolute atomic E-state index is 2.45. The van der Waals surface area contributed by atoms with E-state index >= 15 is 0 Å². The standard InChI is InChI=1S/C60H40N2/c1-5-15-41(16-6-1)44-25-31-50(32-26-44)61-58-34-28-47(43-19-9-3-10-20-43)38-54(58)55-40-49(29-35-59(55)61)48-30-36-60-53(39-48)51-23-13-14-24-56(51)62(60)57-33-27-46(42-17-7-2-8-18-42)37-52(57)45-21-11-4-12-22-45/h1-40H. The highest BCUT2D eigenvalue weighted by atomic mass is 15.0. The lowest BCUT2D eigenvalue weighted by Gasteiger charge is -2.16. The molecule has 0 saturated heterocycles. The van der Waals surface area contributed by atoms with Crippen LogP contribution < -0.4 is 0 Å². The summed E-state index contributed by atoms with van der Waals surface area (Å²) in [6, 6.07) is 88.4. The Morgan fingerprint density at radius 1 is 0.210 bits per heavy atom. The van der Waals surface area contributed by atoms with E-state index in [0.717, 1.165) is 11.4 Å². The summed E-state index contributed by atoms with van der Waals surface area (Å²) in [5.74, 6) is 0. The van der Waals surface area contributed by atoms with Crippen molar-refractivity contribution in [1.29, 1.82) is 0 Å². The first-order valence-electron chi connectivity index (χ1n) is 21.3. The van der Waals surface area contributed by atoms with Crippen LogP contribution in [0.25, 0.3) is 111 Å². The number of para-hydroxylation sites is 1. The zero-order chi connectivity index (χ0) is 41.0. The SMILES string of the molecule is c1ccc(-c2ccc(-n3c4ccc(-c5ccccc5)cc4c4cc(-c5ccc6c(c5)c5ccccc5n6-c5ccc(-c6ccccc6)cc5-c5ccccc5)ccc43)cc2)cc1. The molecule has 0 spiro atoms. The summed E-state index contributed by atoms with van der Waals surface area (Å²) >= 11 is 0. The van der Waals surface area contributed by atoms with Crippen molar-refractivity contribution < 1.29 is 0 Å². The van der Waals surface area contributed by atoms with Gasteiger partial charge in [0.15, 0.2) is 0 Å². The predicted molar refractivity (Wildman–Crippen MR) is 262 cm³/mol. The van der Waals surface area contributed by atoms with Crippen molar-refractivity contribution in [2.24, 2.45) is 0 Å². The van der Waals surface area contributed by atoms with Gasteiger partial charge >= 0.3 is 0 Å². The van der Waals surface area contributed by atoms with Gasteiger partial charge in [0.05, 0.1) is 27.8 Å². The summed E-state index contributed by atoms with van der Waals surface area (Å²) in [5, 5.41) is 4.94. The van der Waals surface area contributed by atoms with Gasteiger partial charge in [-0.15, -0.1) is 0 Å². The van der Waals surface area contributed by atoms with E-state index in [0.29, 0.717) is 0 Å². The molecule has 10 aromatic carbocycles. The van der Waals surface area contributed by atoms with Crippen molar-refractivity contribution in [2.45, 2.75) is 0 Å². The molecule has 2 nitrogen and oxygen atoms in total. The van der Waals surface area contributed by atoms with Gasteiger partial charge in [-0.3, -0.25) is 0 Å². The van der Waals surface area contributed by atoms with Crippen molar-refractivity contribution in [3.05, 3.63) is 243 Å². The molecule has 0 radical (unpaired) electrons. The number of hydrogen-bond donors (Lipinski definition) is 0. The van der Waals surface area contributed by atoms with Crippen molar-refractivity contribution in [1.82, 2.24) is 9.13 Å². The quantitative estimate of drug-likeness (QED) is 0.152. The van der Waals surface area contributed by atoms with Gasteiger partial charge in [0.25, 0.3) is 0 Å². The largest absolute Gasteiger partial charge is 0.309 e. The summed E-state index contributed by atoms with van der Waals surface area (Å²) in [4.78, 5) is 0. The third kappa shape index (κ3) is 6.04. The highest BCUT2D eigenvalue weighted by Crippen LogP contribution is 2.42. The highest BCUT2D eigenvalue weighted by molar-refractivity contribution is 6.13. The average molecular weight is 789 g/mol. The molecule has 12 aromatic rings. The zero-order valence-electron chi connectivity index (χ0n) is 34.0. The van der Waals surface area contributed by atoms with E-state index in [1.165, 1.54) is 99.2 Å². The molecule has 0 atom stereocenters. The fourth-order valence-corrected chi connectivity index (χ4v) is 9.53. The molecule has 0 aliphatic rings. The Labute approximate surface area is 360 Å². The molecule has 2 heteroatoms. The molecule has 2 aromatic heterocycles. The Balaban J connectivity index is 1.03. The summed E-state index contributed by atoms with van der Waals surface area (Å²) in [7, 11) is 0. The topological polar surface area (TPSA) is 9.86 Å². The first kappa shape index (κ1) is 35.7. The first-order valence-corrected chi connectivity index (χ1v) is 21.3. The van der Waals surface area contributed by atoms with Gasteiger partial charge < -0.3 is 9.13 Å². The maximum Gasteiger partial charge on any atom is 0.0541 e. The molecule has 0 amide bonds. The molecule has 0 saturated carbocycles. The van der Waals surface area contributed by atoms with Gasteiger partial charge in [-0.05, 0) is 117 Å². The second kappa shape index (κ2) is 14.8. The lowest BCUT2D eigenvalue weighted by atomic mass is 9.97.